The first-order valence-electron chi connectivity index (χ1n) is 7.09. The van der Waals surface area contributed by atoms with Gasteiger partial charge in [0, 0.05) is 31.7 Å². The van der Waals surface area contributed by atoms with E-state index in [1.807, 2.05) is 13.8 Å². The maximum absolute atomic E-state index is 12.9. The predicted octanol–water partition coefficient (Wildman–Crippen LogP) is 3.19. The minimum Gasteiger partial charge on any atom is -0.300 e. The van der Waals surface area contributed by atoms with Gasteiger partial charge in [-0.15, -0.1) is 0 Å². The summed E-state index contributed by atoms with van der Waals surface area (Å²) in [5.41, 5.74) is -0.198. The first-order chi connectivity index (χ1) is 9.82. The molecule has 0 amide bonds. The van der Waals surface area contributed by atoms with Crippen LogP contribution in [0.4, 0.5) is 13.2 Å². The van der Waals surface area contributed by atoms with Gasteiger partial charge in [-0.1, -0.05) is 13.8 Å². The molecule has 116 valence electrons. The molecule has 4 nitrogen and oxygen atoms in total. The highest BCUT2D eigenvalue weighted by Crippen LogP contribution is 2.33. The molecule has 1 aromatic heterocycles. The molecule has 0 aliphatic carbocycles. The summed E-state index contributed by atoms with van der Waals surface area (Å²) in [6, 6.07) is 3.20. The van der Waals surface area contributed by atoms with Gasteiger partial charge in [0.1, 0.15) is 0 Å². The van der Waals surface area contributed by atoms with Gasteiger partial charge in [0.05, 0.1) is 12.1 Å². The van der Waals surface area contributed by atoms with Crippen LogP contribution in [0.5, 0.6) is 0 Å². The average Bonchev–Trinajstić information content (AvgIpc) is 3.01. The Morgan fingerprint density at radius 1 is 1.48 bits per heavy atom. The molecule has 1 saturated heterocycles. The Morgan fingerprint density at radius 2 is 2.19 bits per heavy atom. The molecule has 1 unspecified atom stereocenters. The van der Waals surface area contributed by atoms with Crippen LogP contribution in [0.15, 0.2) is 6.07 Å². The van der Waals surface area contributed by atoms with Crippen LogP contribution in [-0.2, 0) is 6.18 Å². The largest absolute Gasteiger partial charge is 0.435 e. The maximum atomic E-state index is 12.9. The topological polar surface area (TPSA) is 44.9 Å². The van der Waals surface area contributed by atoms with Gasteiger partial charge in [-0.05, 0) is 18.4 Å². The Hall–Kier alpha value is -1.55. The fourth-order valence-corrected chi connectivity index (χ4v) is 2.69. The normalized spacial score (nSPS) is 20.1. The second kappa shape index (κ2) is 6.06. The second-order valence-corrected chi connectivity index (χ2v) is 5.70. The molecule has 2 rings (SSSR count). The molecular weight excluding hydrogens is 281 g/mol. The highest BCUT2D eigenvalue weighted by molar-refractivity contribution is 5.17. The molecule has 21 heavy (non-hydrogen) atoms. The van der Waals surface area contributed by atoms with Crippen LogP contribution in [0, 0.1) is 11.3 Å². The summed E-state index contributed by atoms with van der Waals surface area (Å²) in [5.74, 6) is -0.0123. The Morgan fingerprint density at radius 3 is 2.76 bits per heavy atom. The fourth-order valence-electron chi connectivity index (χ4n) is 2.69. The number of hydrogen-bond acceptors (Lipinski definition) is 3. The summed E-state index contributed by atoms with van der Waals surface area (Å²) in [7, 11) is 0. The molecule has 1 atom stereocenters. The molecule has 0 N–H and O–H groups in total. The van der Waals surface area contributed by atoms with Gasteiger partial charge in [0.15, 0.2) is 5.69 Å². The van der Waals surface area contributed by atoms with Gasteiger partial charge in [-0.25, -0.2) is 0 Å². The summed E-state index contributed by atoms with van der Waals surface area (Å²) in [4.78, 5) is 2.10. The van der Waals surface area contributed by atoms with Crippen molar-refractivity contribution in [3.8, 4) is 6.07 Å². The number of nitriles is 1. The third-order valence-corrected chi connectivity index (χ3v) is 3.78. The zero-order valence-electron chi connectivity index (χ0n) is 12.2. The van der Waals surface area contributed by atoms with E-state index in [1.54, 1.807) is 4.68 Å². The first-order valence-corrected chi connectivity index (χ1v) is 7.09. The molecule has 0 bridgehead atoms. The molecule has 2 heterocycles. The van der Waals surface area contributed by atoms with E-state index in [-0.39, 0.29) is 12.0 Å². The van der Waals surface area contributed by atoms with Gasteiger partial charge in [0.25, 0.3) is 0 Å². The van der Waals surface area contributed by atoms with Gasteiger partial charge in [-0.3, -0.25) is 4.68 Å². The van der Waals surface area contributed by atoms with Gasteiger partial charge in [-0.2, -0.15) is 23.5 Å². The first kappa shape index (κ1) is 15.8. The molecule has 0 spiro atoms. The van der Waals surface area contributed by atoms with Crippen molar-refractivity contribution >= 4 is 0 Å². The molecule has 1 aromatic rings. The number of hydrogen-bond donors (Lipinski definition) is 0. The zero-order chi connectivity index (χ0) is 15.6. The van der Waals surface area contributed by atoms with Crippen molar-refractivity contribution in [3.63, 3.8) is 0 Å². The van der Waals surface area contributed by atoms with E-state index in [2.05, 4.69) is 16.1 Å². The van der Waals surface area contributed by atoms with Crippen LogP contribution in [0.25, 0.3) is 0 Å². The number of aromatic nitrogens is 2. The van der Waals surface area contributed by atoms with E-state index in [9.17, 15) is 13.2 Å². The lowest BCUT2D eigenvalue weighted by Gasteiger charge is -2.18. The lowest BCUT2D eigenvalue weighted by Crippen LogP contribution is -2.23. The predicted molar refractivity (Wildman–Crippen MR) is 71.6 cm³/mol. The van der Waals surface area contributed by atoms with E-state index in [4.69, 9.17) is 5.26 Å². The number of nitrogens with zero attached hydrogens (tertiary/aromatic N) is 4. The average molecular weight is 300 g/mol. The number of halogens is 3. The smallest absolute Gasteiger partial charge is 0.300 e. The van der Waals surface area contributed by atoms with Crippen LogP contribution < -0.4 is 0 Å². The second-order valence-electron chi connectivity index (χ2n) is 5.70. The molecule has 7 heteroatoms. The summed E-state index contributed by atoms with van der Waals surface area (Å²) in [6.45, 7) is 5.86. The van der Waals surface area contributed by atoms with Crippen molar-refractivity contribution in [1.82, 2.24) is 14.7 Å². The molecule has 0 radical (unpaired) electrons. The van der Waals surface area contributed by atoms with Gasteiger partial charge < -0.3 is 4.90 Å². The van der Waals surface area contributed by atoms with Crippen molar-refractivity contribution in [2.75, 3.05) is 19.6 Å². The van der Waals surface area contributed by atoms with Crippen LogP contribution in [0.2, 0.25) is 0 Å². The maximum Gasteiger partial charge on any atom is 0.435 e. The third kappa shape index (κ3) is 3.56. The molecule has 1 aliphatic heterocycles. The summed E-state index contributed by atoms with van der Waals surface area (Å²) in [6.07, 6.45) is -3.20. The Labute approximate surface area is 122 Å². The van der Waals surface area contributed by atoms with Crippen molar-refractivity contribution in [1.29, 1.82) is 5.26 Å². The molecule has 0 aromatic carbocycles. The fraction of sp³-hybridized carbons (Fsp3) is 0.714. The number of rotatable bonds is 4. The van der Waals surface area contributed by atoms with Crippen molar-refractivity contribution in [2.24, 2.45) is 0 Å². The molecule has 1 aliphatic rings. The Kier molecular flexibility index (Phi) is 4.57. The van der Waals surface area contributed by atoms with Crippen LogP contribution in [0.3, 0.4) is 0 Å². The van der Waals surface area contributed by atoms with Crippen molar-refractivity contribution in [3.05, 3.63) is 17.5 Å². The highest BCUT2D eigenvalue weighted by Gasteiger charge is 2.37. The summed E-state index contributed by atoms with van der Waals surface area (Å²) in [5, 5.41) is 12.4. The monoisotopic (exact) mass is 300 g/mol. The van der Waals surface area contributed by atoms with Crippen molar-refractivity contribution < 1.29 is 13.2 Å². The minimum absolute atomic E-state index is 0.0123. The standard InChI is InChI=1S/C14H19F3N4/c1-10(2)12-8-13(14(15,16)17)19-21(12)11-4-7-20(9-11)6-3-5-18/h8,10-11H,3-4,6-7,9H2,1-2H3. The van der Waals surface area contributed by atoms with Crippen LogP contribution in [-0.4, -0.2) is 34.3 Å². The Bertz CT molecular complexity index is 527. The van der Waals surface area contributed by atoms with Crippen LogP contribution >= 0.6 is 0 Å². The summed E-state index contributed by atoms with van der Waals surface area (Å²) < 4.78 is 40.1. The number of alkyl halides is 3. The molecular formula is C14H19F3N4. The van der Waals surface area contributed by atoms with Crippen molar-refractivity contribution in [2.45, 2.75) is 44.8 Å². The van der Waals surface area contributed by atoms with E-state index in [0.717, 1.165) is 19.0 Å². The quantitative estimate of drug-likeness (QED) is 0.858. The summed E-state index contributed by atoms with van der Waals surface area (Å²) >= 11 is 0. The van der Waals surface area contributed by atoms with Crippen LogP contribution in [0.1, 0.15) is 50.0 Å². The zero-order valence-corrected chi connectivity index (χ0v) is 12.2. The Balaban J connectivity index is 2.20. The molecule has 1 fully saturated rings. The van der Waals surface area contributed by atoms with E-state index in [1.165, 1.54) is 0 Å². The van der Waals surface area contributed by atoms with Gasteiger partial charge in [0.2, 0.25) is 0 Å². The third-order valence-electron chi connectivity index (χ3n) is 3.78. The lowest BCUT2D eigenvalue weighted by molar-refractivity contribution is -0.141. The molecule has 0 saturated carbocycles. The number of likely N-dealkylation sites (tertiary alicyclic amines) is 1. The van der Waals surface area contributed by atoms with E-state index in [0.29, 0.717) is 25.2 Å². The SMILES string of the molecule is CC(C)c1cc(C(F)(F)F)nn1C1CCN(CCC#N)C1. The minimum atomic E-state index is -4.41. The highest BCUT2D eigenvalue weighted by atomic mass is 19.4. The van der Waals surface area contributed by atoms with E-state index < -0.39 is 11.9 Å². The lowest BCUT2D eigenvalue weighted by atomic mass is 10.1. The van der Waals surface area contributed by atoms with E-state index >= 15 is 0 Å². The van der Waals surface area contributed by atoms with Gasteiger partial charge >= 0.3 is 6.18 Å².